The molecule has 0 radical (unpaired) electrons. The Balaban J connectivity index is 2.41. The summed E-state index contributed by atoms with van der Waals surface area (Å²) in [5.41, 5.74) is 0. The average Bonchev–Trinajstić information content (AvgIpc) is 2.16. The molecule has 1 rings (SSSR count). The van der Waals surface area contributed by atoms with E-state index in [0.29, 0.717) is 0 Å². The monoisotopic (exact) mass is 215 g/mol. The molecule has 0 saturated carbocycles. The van der Waals surface area contributed by atoms with Gasteiger partial charge >= 0.3 is 5.97 Å². The van der Waals surface area contributed by atoms with E-state index in [1.54, 1.807) is 0 Å². The molecule has 0 aliphatic carbocycles. The van der Waals surface area contributed by atoms with Gasteiger partial charge < -0.3 is 5.11 Å². The first-order valence-electron chi connectivity index (χ1n) is 4.88. The van der Waals surface area contributed by atoms with Gasteiger partial charge in [0.1, 0.15) is 0 Å². The Kier molecular flexibility index (Phi) is 5.04. The standard InChI is InChI=1S/C10H17NO2S/c1-2-3-4-11-5-6-14-8-9(11)7-10(12)13/h2,9H,1,3-8H2,(H,12,13). The van der Waals surface area contributed by atoms with Crippen LogP contribution in [0.4, 0.5) is 0 Å². The van der Waals surface area contributed by atoms with Crippen molar-refractivity contribution in [3.63, 3.8) is 0 Å². The number of carbonyl (C=O) groups is 1. The molecule has 1 N–H and O–H groups in total. The molecule has 1 atom stereocenters. The zero-order chi connectivity index (χ0) is 10.4. The Morgan fingerprint density at radius 3 is 3.14 bits per heavy atom. The quantitative estimate of drug-likeness (QED) is 0.705. The van der Waals surface area contributed by atoms with E-state index in [2.05, 4.69) is 11.5 Å². The van der Waals surface area contributed by atoms with Crippen LogP contribution in [0.3, 0.4) is 0 Å². The molecule has 0 aromatic heterocycles. The molecular formula is C10H17NO2S. The van der Waals surface area contributed by atoms with E-state index in [1.807, 2.05) is 17.8 Å². The molecule has 4 heteroatoms. The number of nitrogens with zero attached hydrogens (tertiary/aromatic N) is 1. The van der Waals surface area contributed by atoms with E-state index >= 15 is 0 Å². The van der Waals surface area contributed by atoms with Crippen molar-refractivity contribution in [2.75, 3.05) is 24.6 Å². The lowest BCUT2D eigenvalue weighted by Crippen LogP contribution is -2.43. The third-order valence-corrected chi connectivity index (χ3v) is 3.47. The lowest BCUT2D eigenvalue weighted by Gasteiger charge is -2.34. The third-order valence-electron chi connectivity index (χ3n) is 2.38. The normalized spacial score (nSPS) is 23.3. The Morgan fingerprint density at radius 2 is 2.50 bits per heavy atom. The predicted octanol–water partition coefficient (Wildman–Crippen LogP) is 1.45. The average molecular weight is 215 g/mol. The van der Waals surface area contributed by atoms with E-state index in [1.165, 1.54) is 0 Å². The van der Waals surface area contributed by atoms with Crippen molar-refractivity contribution in [2.24, 2.45) is 0 Å². The maximum atomic E-state index is 10.6. The molecule has 80 valence electrons. The van der Waals surface area contributed by atoms with Gasteiger partial charge in [-0.15, -0.1) is 6.58 Å². The van der Waals surface area contributed by atoms with Crippen LogP contribution >= 0.6 is 11.8 Å². The summed E-state index contributed by atoms with van der Waals surface area (Å²) in [7, 11) is 0. The zero-order valence-corrected chi connectivity index (χ0v) is 9.13. The molecule has 14 heavy (non-hydrogen) atoms. The lowest BCUT2D eigenvalue weighted by atomic mass is 10.2. The molecular weight excluding hydrogens is 198 g/mol. The number of hydrogen-bond donors (Lipinski definition) is 1. The number of carboxylic acid groups (broad SMARTS) is 1. The summed E-state index contributed by atoms with van der Waals surface area (Å²) < 4.78 is 0. The Bertz CT molecular complexity index is 208. The number of hydrogen-bond acceptors (Lipinski definition) is 3. The van der Waals surface area contributed by atoms with Crippen molar-refractivity contribution in [1.29, 1.82) is 0 Å². The number of rotatable bonds is 5. The van der Waals surface area contributed by atoms with Gasteiger partial charge in [-0.1, -0.05) is 6.08 Å². The van der Waals surface area contributed by atoms with Crippen LogP contribution in [-0.2, 0) is 4.79 Å². The largest absolute Gasteiger partial charge is 0.481 e. The molecule has 1 unspecified atom stereocenters. The van der Waals surface area contributed by atoms with Crippen molar-refractivity contribution in [1.82, 2.24) is 4.90 Å². The highest BCUT2D eigenvalue weighted by atomic mass is 32.2. The van der Waals surface area contributed by atoms with Crippen molar-refractivity contribution in [3.8, 4) is 0 Å². The predicted molar refractivity (Wildman–Crippen MR) is 59.8 cm³/mol. The van der Waals surface area contributed by atoms with Gasteiger partial charge in [-0.2, -0.15) is 11.8 Å². The molecule has 0 bridgehead atoms. The number of thioether (sulfide) groups is 1. The molecule has 1 heterocycles. The molecule has 1 saturated heterocycles. The smallest absolute Gasteiger partial charge is 0.304 e. The van der Waals surface area contributed by atoms with Gasteiger partial charge in [0, 0.05) is 30.6 Å². The van der Waals surface area contributed by atoms with Crippen LogP contribution in [0, 0.1) is 0 Å². The van der Waals surface area contributed by atoms with E-state index in [-0.39, 0.29) is 12.5 Å². The van der Waals surface area contributed by atoms with Gasteiger partial charge in [0.2, 0.25) is 0 Å². The molecule has 0 aromatic rings. The molecule has 3 nitrogen and oxygen atoms in total. The SMILES string of the molecule is C=CCCN1CCSCC1CC(=O)O. The number of aliphatic carboxylic acids is 1. The fraction of sp³-hybridized carbons (Fsp3) is 0.700. The summed E-state index contributed by atoms with van der Waals surface area (Å²) in [5.74, 6) is 1.37. The summed E-state index contributed by atoms with van der Waals surface area (Å²) in [5, 5.41) is 8.75. The fourth-order valence-corrected chi connectivity index (χ4v) is 2.76. The second-order valence-corrected chi connectivity index (χ2v) is 4.59. The minimum atomic E-state index is -0.693. The molecule has 1 fully saturated rings. The van der Waals surface area contributed by atoms with Crippen LogP contribution in [0.5, 0.6) is 0 Å². The first-order chi connectivity index (χ1) is 6.74. The fourth-order valence-electron chi connectivity index (χ4n) is 1.63. The molecule has 0 amide bonds. The molecule has 1 aliphatic rings. The Morgan fingerprint density at radius 1 is 1.71 bits per heavy atom. The summed E-state index contributed by atoms with van der Waals surface area (Å²) in [4.78, 5) is 12.9. The van der Waals surface area contributed by atoms with Crippen LogP contribution in [0.1, 0.15) is 12.8 Å². The third kappa shape index (κ3) is 3.72. The van der Waals surface area contributed by atoms with Gasteiger partial charge in [0.05, 0.1) is 6.42 Å². The maximum Gasteiger partial charge on any atom is 0.304 e. The minimum absolute atomic E-state index is 0.214. The number of carboxylic acids is 1. The second-order valence-electron chi connectivity index (χ2n) is 3.44. The summed E-state index contributed by atoms with van der Waals surface area (Å²) in [6.45, 7) is 5.64. The van der Waals surface area contributed by atoms with E-state index in [9.17, 15) is 4.79 Å². The summed E-state index contributed by atoms with van der Waals surface area (Å²) in [6.07, 6.45) is 3.10. The Labute approximate surface area is 89.2 Å². The van der Waals surface area contributed by atoms with Crippen LogP contribution in [-0.4, -0.2) is 46.6 Å². The van der Waals surface area contributed by atoms with E-state index in [4.69, 9.17) is 5.11 Å². The van der Waals surface area contributed by atoms with E-state index < -0.39 is 5.97 Å². The van der Waals surface area contributed by atoms with Gasteiger partial charge in [-0.3, -0.25) is 9.69 Å². The van der Waals surface area contributed by atoms with Gasteiger partial charge in [0.25, 0.3) is 0 Å². The van der Waals surface area contributed by atoms with Crippen LogP contribution in [0.2, 0.25) is 0 Å². The van der Waals surface area contributed by atoms with Crippen molar-refractivity contribution in [3.05, 3.63) is 12.7 Å². The Hall–Kier alpha value is -0.480. The lowest BCUT2D eigenvalue weighted by molar-refractivity contribution is -0.138. The van der Waals surface area contributed by atoms with Gasteiger partial charge in [0.15, 0.2) is 0 Å². The van der Waals surface area contributed by atoms with Crippen molar-refractivity contribution in [2.45, 2.75) is 18.9 Å². The van der Waals surface area contributed by atoms with Crippen LogP contribution in [0.25, 0.3) is 0 Å². The van der Waals surface area contributed by atoms with Crippen molar-refractivity contribution < 1.29 is 9.90 Å². The van der Waals surface area contributed by atoms with Crippen LogP contribution < -0.4 is 0 Å². The van der Waals surface area contributed by atoms with Gasteiger partial charge in [-0.25, -0.2) is 0 Å². The van der Waals surface area contributed by atoms with E-state index in [0.717, 1.165) is 31.0 Å². The molecule has 1 aliphatic heterocycles. The molecule has 0 aromatic carbocycles. The summed E-state index contributed by atoms with van der Waals surface area (Å²) in [6, 6.07) is 0.214. The highest BCUT2D eigenvalue weighted by molar-refractivity contribution is 7.99. The second kappa shape index (κ2) is 6.09. The highest BCUT2D eigenvalue weighted by Crippen LogP contribution is 2.19. The minimum Gasteiger partial charge on any atom is -0.481 e. The topological polar surface area (TPSA) is 40.5 Å². The van der Waals surface area contributed by atoms with Crippen LogP contribution in [0.15, 0.2) is 12.7 Å². The first-order valence-corrected chi connectivity index (χ1v) is 6.04. The van der Waals surface area contributed by atoms with Crippen molar-refractivity contribution >= 4 is 17.7 Å². The zero-order valence-electron chi connectivity index (χ0n) is 8.32. The first kappa shape index (κ1) is 11.6. The van der Waals surface area contributed by atoms with Gasteiger partial charge in [-0.05, 0) is 6.42 Å². The maximum absolute atomic E-state index is 10.6. The summed E-state index contributed by atoms with van der Waals surface area (Å²) >= 11 is 1.85. The highest BCUT2D eigenvalue weighted by Gasteiger charge is 2.23. The molecule has 0 spiro atoms.